The Labute approximate surface area is 106 Å². The number of nitrogens with zero attached hydrogens (tertiary/aromatic N) is 2. The predicted octanol–water partition coefficient (Wildman–Crippen LogP) is -0.270. The van der Waals surface area contributed by atoms with Gasteiger partial charge in [-0.2, -0.15) is 0 Å². The second kappa shape index (κ2) is 5.73. The van der Waals surface area contributed by atoms with Crippen molar-refractivity contribution in [1.29, 1.82) is 0 Å². The lowest BCUT2D eigenvalue weighted by molar-refractivity contribution is -0.132. The minimum atomic E-state index is -0.0181. The highest BCUT2D eigenvalue weighted by molar-refractivity contribution is 8.00. The van der Waals surface area contributed by atoms with Crippen LogP contribution in [0.25, 0.3) is 0 Å². The fraction of sp³-hybridized carbons (Fsp3) is 0.818. The second-order valence-electron chi connectivity index (χ2n) is 4.71. The van der Waals surface area contributed by atoms with Gasteiger partial charge in [0, 0.05) is 6.04 Å². The van der Waals surface area contributed by atoms with Gasteiger partial charge in [-0.3, -0.25) is 9.59 Å². The molecule has 17 heavy (non-hydrogen) atoms. The van der Waals surface area contributed by atoms with Crippen LogP contribution in [0.2, 0.25) is 0 Å². The number of likely N-dealkylation sites (tertiary alicyclic amines) is 1. The van der Waals surface area contributed by atoms with E-state index in [1.807, 2.05) is 0 Å². The summed E-state index contributed by atoms with van der Waals surface area (Å²) in [6.07, 6.45) is 2.01. The quantitative estimate of drug-likeness (QED) is 0.756. The molecule has 1 N–H and O–H groups in total. The van der Waals surface area contributed by atoms with Crippen molar-refractivity contribution >= 4 is 23.6 Å². The second-order valence-corrected chi connectivity index (χ2v) is 5.67. The van der Waals surface area contributed by atoms with Crippen molar-refractivity contribution in [1.82, 2.24) is 15.1 Å². The summed E-state index contributed by atoms with van der Waals surface area (Å²) in [4.78, 5) is 27.0. The molecule has 0 aromatic heterocycles. The summed E-state index contributed by atoms with van der Waals surface area (Å²) >= 11 is 1.57. The molecule has 2 saturated heterocycles. The Balaban J connectivity index is 1.72. The molecule has 0 aromatic rings. The Morgan fingerprint density at radius 1 is 1.47 bits per heavy atom. The average Bonchev–Trinajstić information content (AvgIpc) is 2.68. The molecule has 0 spiro atoms. The van der Waals surface area contributed by atoms with Gasteiger partial charge in [-0.05, 0) is 33.0 Å². The van der Waals surface area contributed by atoms with Gasteiger partial charge in [-0.1, -0.05) is 0 Å². The molecule has 96 valence electrons. The van der Waals surface area contributed by atoms with Crippen molar-refractivity contribution < 1.29 is 9.59 Å². The number of amides is 2. The first-order valence-corrected chi connectivity index (χ1v) is 7.14. The minimum Gasteiger partial charge on any atom is -0.352 e. The van der Waals surface area contributed by atoms with Crippen LogP contribution in [0.4, 0.5) is 0 Å². The third-order valence-corrected chi connectivity index (χ3v) is 4.19. The third kappa shape index (κ3) is 3.61. The molecule has 0 atom stereocenters. The maximum atomic E-state index is 11.8. The summed E-state index contributed by atoms with van der Waals surface area (Å²) in [5, 5.41) is 3.02. The van der Waals surface area contributed by atoms with Crippen LogP contribution in [0.3, 0.4) is 0 Å². The van der Waals surface area contributed by atoms with E-state index in [0.717, 1.165) is 25.9 Å². The fourth-order valence-electron chi connectivity index (χ4n) is 2.14. The van der Waals surface area contributed by atoms with Crippen LogP contribution in [0.15, 0.2) is 0 Å². The first kappa shape index (κ1) is 12.7. The van der Waals surface area contributed by atoms with Crippen molar-refractivity contribution in [3.05, 3.63) is 0 Å². The van der Waals surface area contributed by atoms with Gasteiger partial charge < -0.3 is 15.1 Å². The van der Waals surface area contributed by atoms with Crippen LogP contribution >= 0.6 is 11.8 Å². The molecule has 0 aliphatic carbocycles. The highest BCUT2D eigenvalue weighted by Crippen LogP contribution is 2.14. The number of carbonyl (C=O) groups excluding carboxylic acids is 2. The molecule has 0 unspecified atom stereocenters. The molecule has 0 bridgehead atoms. The van der Waals surface area contributed by atoms with Gasteiger partial charge in [-0.15, -0.1) is 11.8 Å². The summed E-state index contributed by atoms with van der Waals surface area (Å²) in [6, 6.07) is 0.282. The number of hydrogen-bond acceptors (Lipinski definition) is 4. The molecule has 2 aliphatic heterocycles. The number of rotatable bonds is 3. The molecule has 2 aliphatic rings. The molecular weight excluding hydrogens is 238 g/mol. The molecule has 2 heterocycles. The molecular formula is C11H19N3O2S. The number of thioether (sulfide) groups is 1. The largest absolute Gasteiger partial charge is 0.352 e. The molecule has 2 amide bonds. The van der Waals surface area contributed by atoms with Crippen LogP contribution in [-0.4, -0.2) is 66.0 Å². The van der Waals surface area contributed by atoms with Crippen LogP contribution in [0, 0.1) is 0 Å². The van der Waals surface area contributed by atoms with E-state index in [4.69, 9.17) is 0 Å². The normalized spacial score (nSPS) is 23.1. The van der Waals surface area contributed by atoms with Crippen molar-refractivity contribution in [2.75, 3.05) is 38.3 Å². The van der Waals surface area contributed by atoms with Crippen molar-refractivity contribution in [3.63, 3.8) is 0 Å². The number of hydrogen-bond donors (Lipinski definition) is 1. The van der Waals surface area contributed by atoms with Crippen LogP contribution < -0.4 is 5.32 Å². The third-order valence-electron chi connectivity index (χ3n) is 3.24. The SMILES string of the molecule is CN1CCC(NC(=O)CN2CSCC2=O)CC1. The molecule has 2 rings (SSSR count). The van der Waals surface area contributed by atoms with E-state index in [1.165, 1.54) is 0 Å². The first-order chi connectivity index (χ1) is 8.15. The van der Waals surface area contributed by atoms with Crippen LogP contribution in [-0.2, 0) is 9.59 Å². The van der Waals surface area contributed by atoms with Crippen molar-refractivity contribution in [2.24, 2.45) is 0 Å². The standard InChI is InChI=1S/C11H19N3O2S/c1-13-4-2-9(3-5-13)12-10(15)6-14-8-17-7-11(14)16/h9H,2-8H2,1H3,(H,12,15). The highest BCUT2D eigenvalue weighted by Gasteiger charge is 2.24. The van der Waals surface area contributed by atoms with Gasteiger partial charge in [0.2, 0.25) is 11.8 Å². The summed E-state index contributed by atoms with van der Waals surface area (Å²) < 4.78 is 0. The van der Waals surface area contributed by atoms with Gasteiger partial charge in [0.05, 0.1) is 11.6 Å². The van der Waals surface area contributed by atoms with E-state index in [1.54, 1.807) is 16.7 Å². The summed E-state index contributed by atoms with van der Waals surface area (Å²) in [6.45, 7) is 2.28. The van der Waals surface area contributed by atoms with E-state index >= 15 is 0 Å². The van der Waals surface area contributed by atoms with E-state index in [-0.39, 0.29) is 24.4 Å². The number of piperidine rings is 1. The van der Waals surface area contributed by atoms with Gasteiger partial charge in [0.15, 0.2) is 0 Å². The summed E-state index contributed by atoms with van der Waals surface area (Å²) in [5.74, 6) is 1.23. The summed E-state index contributed by atoms with van der Waals surface area (Å²) in [7, 11) is 2.10. The minimum absolute atomic E-state index is 0.0181. The molecule has 2 fully saturated rings. The maximum Gasteiger partial charge on any atom is 0.239 e. The zero-order valence-corrected chi connectivity index (χ0v) is 11.0. The van der Waals surface area contributed by atoms with Gasteiger partial charge >= 0.3 is 0 Å². The smallest absolute Gasteiger partial charge is 0.239 e. The maximum absolute atomic E-state index is 11.8. The van der Waals surface area contributed by atoms with E-state index < -0.39 is 0 Å². The zero-order chi connectivity index (χ0) is 12.3. The number of nitrogens with one attached hydrogen (secondary N) is 1. The van der Waals surface area contributed by atoms with Crippen molar-refractivity contribution in [2.45, 2.75) is 18.9 Å². The Morgan fingerprint density at radius 2 is 2.18 bits per heavy atom. The lowest BCUT2D eigenvalue weighted by Gasteiger charge is -2.29. The Hall–Kier alpha value is -0.750. The van der Waals surface area contributed by atoms with E-state index in [0.29, 0.717) is 11.6 Å². The Bertz CT molecular complexity index is 303. The Kier molecular flexibility index (Phi) is 4.28. The van der Waals surface area contributed by atoms with Gasteiger partial charge in [0.1, 0.15) is 6.54 Å². The lowest BCUT2D eigenvalue weighted by atomic mass is 10.1. The first-order valence-electron chi connectivity index (χ1n) is 5.98. The van der Waals surface area contributed by atoms with Crippen LogP contribution in [0.5, 0.6) is 0 Å². The molecule has 0 saturated carbocycles. The molecule has 0 radical (unpaired) electrons. The van der Waals surface area contributed by atoms with E-state index in [9.17, 15) is 9.59 Å². The average molecular weight is 257 g/mol. The van der Waals surface area contributed by atoms with Crippen LogP contribution in [0.1, 0.15) is 12.8 Å². The zero-order valence-electron chi connectivity index (χ0n) is 10.1. The van der Waals surface area contributed by atoms with Gasteiger partial charge in [-0.25, -0.2) is 0 Å². The van der Waals surface area contributed by atoms with E-state index in [2.05, 4.69) is 17.3 Å². The predicted molar refractivity (Wildman–Crippen MR) is 67.7 cm³/mol. The highest BCUT2D eigenvalue weighted by atomic mass is 32.2. The topological polar surface area (TPSA) is 52.7 Å². The molecule has 5 nitrogen and oxygen atoms in total. The summed E-state index contributed by atoms with van der Waals surface area (Å²) in [5.41, 5.74) is 0. The lowest BCUT2D eigenvalue weighted by Crippen LogP contribution is -2.47. The molecule has 6 heteroatoms. The molecule has 0 aromatic carbocycles. The van der Waals surface area contributed by atoms with Gasteiger partial charge in [0.25, 0.3) is 0 Å². The number of carbonyl (C=O) groups is 2. The van der Waals surface area contributed by atoms with Crippen molar-refractivity contribution in [3.8, 4) is 0 Å². The monoisotopic (exact) mass is 257 g/mol. The Morgan fingerprint density at radius 3 is 2.76 bits per heavy atom. The fourth-order valence-corrected chi connectivity index (χ4v) is 3.04.